The van der Waals surface area contributed by atoms with Crippen LogP contribution in [0.2, 0.25) is 0 Å². The van der Waals surface area contributed by atoms with Gasteiger partial charge in [0, 0.05) is 25.0 Å². The van der Waals surface area contributed by atoms with E-state index in [-0.39, 0.29) is 5.91 Å². The highest BCUT2D eigenvalue weighted by atomic mass is 16.5. The lowest BCUT2D eigenvalue weighted by molar-refractivity contribution is 0.102. The molecule has 7 nitrogen and oxygen atoms in total. The summed E-state index contributed by atoms with van der Waals surface area (Å²) in [5, 5.41) is 9.42. The number of aromatic nitrogens is 3. The van der Waals surface area contributed by atoms with Crippen molar-refractivity contribution in [1.82, 2.24) is 15.1 Å². The quantitative estimate of drug-likeness (QED) is 0.848. The van der Waals surface area contributed by atoms with Gasteiger partial charge in [-0.1, -0.05) is 19.0 Å². The molecule has 0 saturated carbocycles. The van der Waals surface area contributed by atoms with Crippen LogP contribution in [0.3, 0.4) is 0 Å². The van der Waals surface area contributed by atoms with E-state index in [1.807, 2.05) is 0 Å². The summed E-state index contributed by atoms with van der Waals surface area (Å²) in [6.07, 6.45) is 4.00. The Labute approximate surface area is 123 Å². The number of hydrogen-bond donors (Lipinski definition) is 2. The Balaban J connectivity index is 1.90. The Bertz CT molecular complexity index is 592. The standard InChI is InChI=1S/C14H19N5O2/c1-9(2)4-5-15-14-16-7-11(8-17-14)13(20)18-12-6-10(3)21-19-12/h6-9H,4-5H2,1-3H3,(H,15,16,17)(H,18,19,20). The molecule has 2 N–H and O–H groups in total. The van der Waals surface area contributed by atoms with E-state index in [0.29, 0.717) is 29.0 Å². The average molecular weight is 289 g/mol. The van der Waals surface area contributed by atoms with Crippen molar-refractivity contribution < 1.29 is 9.32 Å². The van der Waals surface area contributed by atoms with Crippen molar-refractivity contribution in [3.63, 3.8) is 0 Å². The number of carbonyl (C=O) groups is 1. The molecule has 0 saturated heterocycles. The number of carbonyl (C=O) groups excluding carboxylic acids is 1. The minimum atomic E-state index is -0.322. The molecule has 112 valence electrons. The van der Waals surface area contributed by atoms with Crippen molar-refractivity contribution in [2.24, 2.45) is 5.92 Å². The molecule has 0 bridgehead atoms. The van der Waals surface area contributed by atoms with Crippen LogP contribution in [0.1, 0.15) is 36.4 Å². The fourth-order valence-corrected chi connectivity index (χ4v) is 1.62. The van der Waals surface area contributed by atoms with Gasteiger partial charge in [0.2, 0.25) is 5.95 Å². The van der Waals surface area contributed by atoms with Gasteiger partial charge in [-0.05, 0) is 19.3 Å². The third-order valence-corrected chi connectivity index (χ3v) is 2.79. The SMILES string of the molecule is Cc1cc(NC(=O)c2cnc(NCCC(C)C)nc2)no1. The van der Waals surface area contributed by atoms with Crippen LogP contribution < -0.4 is 10.6 Å². The Morgan fingerprint density at radius 2 is 2.05 bits per heavy atom. The summed E-state index contributed by atoms with van der Waals surface area (Å²) in [5.41, 5.74) is 0.366. The Kier molecular flexibility index (Phi) is 4.86. The predicted octanol–water partition coefficient (Wildman–Crippen LogP) is 2.48. The summed E-state index contributed by atoms with van der Waals surface area (Å²) in [7, 11) is 0. The topological polar surface area (TPSA) is 92.9 Å². The highest BCUT2D eigenvalue weighted by Gasteiger charge is 2.10. The Morgan fingerprint density at radius 3 is 2.62 bits per heavy atom. The van der Waals surface area contributed by atoms with Gasteiger partial charge >= 0.3 is 0 Å². The van der Waals surface area contributed by atoms with E-state index in [1.54, 1.807) is 13.0 Å². The zero-order valence-electron chi connectivity index (χ0n) is 12.4. The molecule has 0 aliphatic carbocycles. The molecule has 7 heteroatoms. The Morgan fingerprint density at radius 1 is 1.33 bits per heavy atom. The van der Waals surface area contributed by atoms with Crippen molar-refractivity contribution in [2.45, 2.75) is 27.2 Å². The van der Waals surface area contributed by atoms with Gasteiger partial charge in [-0.15, -0.1) is 0 Å². The maximum Gasteiger partial charge on any atom is 0.260 e. The van der Waals surface area contributed by atoms with Crippen LogP contribution in [-0.4, -0.2) is 27.6 Å². The van der Waals surface area contributed by atoms with Gasteiger partial charge in [0.1, 0.15) is 5.76 Å². The zero-order chi connectivity index (χ0) is 15.2. The summed E-state index contributed by atoms with van der Waals surface area (Å²) in [5.74, 6) is 1.82. The molecular weight excluding hydrogens is 270 g/mol. The number of amides is 1. The van der Waals surface area contributed by atoms with E-state index in [4.69, 9.17) is 4.52 Å². The lowest BCUT2D eigenvalue weighted by Gasteiger charge is -2.07. The molecule has 0 radical (unpaired) electrons. The molecule has 2 aromatic rings. The van der Waals surface area contributed by atoms with Crippen molar-refractivity contribution in [1.29, 1.82) is 0 Å². The highest BCUT2D eigenvalue weighted by Crippen LogP contribution is 2.09. The van der Waals surface area contributed by atoms with Gasteiger partial charge in [-0.25, -0.2) is 9.97 Å². The van der Waals surface area contributed by atoms with Crippen molar-refractivity contribution in [3.8, 4) is 0 Å². The monoisotopic (exact) mass is 289 g/mol. The average Bonchev–Trinajstić information content (AvgIpc) is 2.84. The second-order valence-corrected chi connectivity index (χ2v) is 5.18. The molecule has 21 heavy (non-hydrogen) atoms. The van der Waals surface area contributed by atoms with Crippen molar-refractivity contribution in [3.05, 3.63) is 29.8 Å². The molecule has 0 aromatic carbocycles. The first-order valence-corrected chi connectivity index (χ1v) is 6.85. The molecule has 2 aromatic heterocycles. The highest BCUT2D eigenvalue weighted by molar-refractivity contribution is 6.03. The molecule has 2 heterocycles. The number of anilines is 2. The van der Waals surface area contributed by atoms with Crippen LogP contribution in [0.15, 0.2) is 23.0 Å². The van der Waals surface area contributed by atoms with Gasteiger partial charge in [0.25, 0.3) is 5.91 Å². The van der Waals surface area contributed by atoms with E-state index in [2.05, 4.69) is 39.6 Å². The second-order valence-electron chi connectivity index (χ2n) is 5.18. The fourth-order valence-electron chi connectivity index (χ4n) is 1.62. The number of hydrogen-bond acceptors (Lipinski definition) is 6. The van der Waals surface area contributed by atoms with E-state index >= 15 is 0 Å². The molecule has 0 aliphatic rings. The maximum absolute atomic E-state index is 11.9. The van der Waals surface area contributed by atoms with Crippen molar-refractivity contribution >= 4 is 17.7 Å². The van der Waals surface area contributed by atoms with Gasteiger partial charge in [0.15, 0.2) is 5.82 Å². The lowest BCUT2D eigenvalue weighted by Crippen LogP contribution is -2.14. The van der Waals surface area contributed by atoms with Crippen LogP contribution >= 0.6 is 0 Å². The van der Waals surface area contributed by atoms with Crippen LogP contribution in [0, 0.1) is 12.8 Å². The number of nitrogens with zero attached hydrogens (tertiary/aromatic N) is 3. The van der Waals surface area contributed by atoms with Gasteiger partial charge in [-0.2, -0.15) is 0 Å². The first-order valence-electron chi connectivity index (χ1n) is 6.85. The van der Waals surface area contributed by atoms with Crippen LogP contribution in [0.5, 0.6) is 0 Å². The lowest BCUT2D eigenvalue weighted by atomic mass is 10.1. The largest absolute Gasteiger partial charge is 0.360 e. The summed E-state index contributed by atoms with van der Waals surface area (Å²) in [4.78, 5) is 20.2. The number of rotatable bonds is 6. The second kappa shape index (κ2) is 6.83. The molecule has 2 rings (SSSR count). The molecular formula is C14H19N5O2. The fraction of sp³-hybridized carbons (Fsp3) is 0.429. The van der Waals surface area contributed by atoms with E-state index in [0.717, 1.165) is 13.0 Å². The van der Waals surface area contributed by atoms with E-state index in [9.17, 15) is 4.79 Å². The molecule has 0 unspecified atom stereocenters. The summed E-state index contributed by atoms with van der Waals surface area (Å²) >= 11 is 0. The van der Waals surface area contributed by atoms with Gasteiger partial charge in [0.05, 0.1) is 5.56 Å². The molecule has 0 spiro atoms. The van der Waals surface area contributed by atoms with E-state index < -0.39 is 0 Å². The minimum absolute atomic E-state index is 0.322. The molecule has 0 atom stereocenters. The number of nitrogens with one attached hydrogen (secondary N) is 2. The van der Waals surface area contributed by atoms with Crippen LogP contribution in [0.4, 0.5) is 11.8 Å². The number of aryl methyl sites for hydroxylation is 1. The van der Waals surface area contributed by atoms with Crippen LogP contribution in [-0.2, 0) is 0 Å². The third kappa shape index (κ3) is 4.55. The summed E-state index contributed by atoms with van der Waals surface area (Å²) < 4.78 is 4.88. The normalized spacial score (nSPS) is 10.7. The third-order valence-electron chi connectivity index (χ3n) is 2.79. The van der Waals surface area contributed by atoms with E-state index in [1.165, 1.54) is 12.4 Å². The first kappa shape index (κ1) is 15.0. The predicted molar refractivity (Wildman–Crippen MR) is 79.2 cm³/mol. The zero-order valence-corrected chi connectivity index (χ0v) is 12.4. The summed E-state index contributed by atoms with van der Waals surface area (Å²) in [6.45, 7) is 6.87. The molecule has 1 amide bonds. The summed E-state index contributed by atoms with van der Waals surface area (Å²) in [6, 6.07) is 1.64. The molecule has 0 aliphatic heterocycles. The molecule has 0 fully saturated rings. The van der Waals surface area contributed by atoms with Gasteiger partial charge < -0.3 is 15.2 Å². The minimum Gasteiger partial charge on any atom is -0.360 e. The first-order chi connectivity index (χ1) is 10.0. The Hall–Kier alpha value is -2.44. The van der Waals surface area contributed by atoms with Crippen LogP contribution in [0.25, 0.3) is 0 Å². The maximum atomic E-state index is 11.9. The van der Waals surface area contributed by atoms with Crippen molar-refractivity contribution in [2.75, 3.05) is 17.2 Å². The van der Waals surface area contributed by atoms with Gasteiger partial charge in [-0.3, -0.25) is 4.79 Å². The smallest absolute Gasteiger partial charge is 0.260 e.